The highest BCUT2D eigenvalue weighted by atomic mass is 19.1. The molecule has 0 aliphatic carbocycles. The summed E-state index contributed by atoms with van der Waals surface area (Å²) in [5.74, 6) is -1.27. The van der Waals surface area contributed by atoms with Crippen molar-refractivity contribution >= 4 is 23.5 Å². The third-order valence-corrected chi connectivity index (χ3v) is 4.00. The maximum Gasteiger partial charge on any atom is 0.315 e. The zero-order valence-corrected chi connectivity index (χ0v) is 15.5. The molecule has 1 unspecified atom stereocenters. The van der Waals surface area contributed by atoms with Crippen LogP contribution in [-0.2, 0) is 11.3 Å². The Morgan fingerprint density at radius 3 is 2.25 bits per heavy atom. The molecule has 4 amide bonds. The first kappa shape index (κ1) is 20.9. The Morgan fingerprint density at radius 2 is 1.68 bits per heavy atom. The number of carbonyl (C=O) groups excluding carboxylic acids is 3. The summed E-state index contributed by atoms with van der Waals surface area (Å²) in [5.41, 5.74) is 6.75. The number of halogens is 1. The van der Waals surface area contributed by atoms with E-state index >= 15 is 0 Å². The number of hydrogen-bond acceptors (Lipinski definition) is 3. The topological polar surface area (TPSA) is 113 Å². The van der Waals surface area contributed by atoms with Crippen LogP contribution in [0.3, 0.4) is 0 Å². The molecule has 5 N–H and O–H groups in total. The first-order valence-electron chi connectivity index (χ1n) is 8.88. The predicted octanol–water partition coefficient (Wildman–Crippen LogP) is 2.53. The summed E-state index contributed by atoms with van der Waals surface area (Å²) in [6, 6.07) is 10.7. The number of nitrogens with two attached hydrogens (primary N) is 1. The molecule has 0 radical (unpaired) electrons. The monoisotopic (exact) mass is 386 g/mol. The van der Waals surface area contributed by atoms with Crippen LogP contribution >= 0.6 is 0 Å². The van der Waals surface area contributed by atoms with Crippen molar-refractivity contribution < 1.29 is 18.8 Å². The smallest absolute Gasteiger partial charge is 0.315 e. The Balaban J connectivity index is 1.91. The zero-order chi connectivity index (χ0) is 20.5. The molecule has 8 heteroatoms. The molecule has 0 fully saturated rings. The summed E-state index contributed by atoms with van der Waals surface area (Å²) in [7, 11) is 0. The van der Waals surface area contributed by atoms with Gasteiger partial charge in [-0.2, -0.15) is 0 Å². The molecule has 0 aliphatic rings. The third-order valence-electron chi connectivity index (χ3n) is 4.00. The molecular formula is C20H23FN4O3. The number of urea groups is 1. The molecule has 1 atom stereocenters. The highest BCUT2D eigenvalue weighted by Crippen LogP contribution is 2.11. The van der Waals surface area contributed by atoms with Crippen molar-refractivity contribution in [3.05, 3.63) is 65.5 Å². The van der Waals surface area contributed by atoms with Gasteiger partial charge in [0.1, 0.15) is 11.9 Å². The van der Waals surface area contributed by atoms with E-state index in [1.165, 1.54) is 24.3 Å². The quantitative estimate of drug-likeness (QED) is 0.559. The van der Waals surface area contributed by atoms with Gasteiger partial charge in [0.25, 0.3) is 0 Å². The number of primary amides is 1. The lowest BCUT2D eigenvalue weighted by Crippen LogP contribution is -2.47. The van der Waals surface area contributed by atoms with E-state index in [1.807, 2.05) is 6.92 Å². The summed E-state index contributed by atoms with van der Waals surface area (Å²) < 4.78 is 12.9. The Bertz CT molecular complexity index is 822. The zero-order valence-electron chi connectivity index (χ0n) is 15.5. The minimum atomic E-state index is -0.728. The standard InChI is InChI=1S/C20H23FN4O3/c1-2-3-17(19(27)24-16-10-6-14(7-11-16)18(22)26)25-20(28)23-12-13-4-8-15(21)9-5-13/h4-11,17H,2-3,12H2,1H3,(H2,22,26)(H,24,27)(H2,23,25,28). The molecule has 2 aromatic carbocycles. The van der Waals surface area contributed by atoms with Crippen LogP contribution in [0.25, 0.3) is 0 Å². The fourth-order valence-corrected chi connectivity index (χ4v) is 2.50. The van der Waals surface area contributed by atoms with Crippen LogP contribution < -0.4 is 21.7 Å². The number of rotatable bonds is 8. The fourth-order valence-electron chi connectivity index (χ4n) is 2.50. The Hall–Kier alpha value is -3.42. The van der Waals surface area contributed by atoms with Gasteiger partial charge in [-0.15, -0.1) is 0 Å². The molecule has 148 valence electrons. The van der Waals surface area contributed by atoms with Gasteiger partial charge < -0.3 is 21.7 Å². The van der Waals surface area contributed by atoms with E-state index in [-0.39, 0.29) is 18.3 Å². The van der Waals surface area contributed by atoms with E-state index in [2.05, 4.69) is 16.0 Å². The summed E-state index contributed by atoms with van der Waals surface area (Å²) >= 11 is 0. The second kappa shape index (κ2) is 10.1. The first-order chi connectivity index (χ1) is 13.4. The van der Waals surface area contributed by atoms with Crippen molar-refractivity contribution in [2.45, 2.75) is 32.4 Å². The van der Waals surface area contributed by atoms with E-state index in [4.69, 9.17) is 5.73 Å². The van der Waals surface area contributed by atoms with Crippen LogP contribution in [0.2, 0.25) is 0 Å². The molecule has 0 bridgehead atoms. The second-order valence-electron chi connectivity index (χ2n) is 6.23. The largest absolute Gasteiger partial charge is 0.366 e. The Morgan fingerprint density at radius 1 is 1.04 bits per heavy atom. The maximum absolute atomic E-state index is 12.9. The van der Waals surface area contributed by atoms with Gasteiger partial charge in [-0.1, -0.05) is 25.5 Å². The van der Waals surface area contributed by atoms with Crippen LogP contribution in [0.5, 0.6) is 0 Å². The van der Waals surface area contributed by atoms with Crippen molar-refractivity contribution in [2.75, 3.05) is 5.32 Å². The van der Waals surface area contributed by atoms with Crippen molar-refractivity contribution in [2.24, 2.45) is 5.73 Å². The van der Waals surface area contributed by atoms with Gasteiger partial charge in [-0.3, -0.25) is 9.59 Å². The fraction of sp³-hybridized carbons (Fsp3) is 0.250. The summed E-state index contributed by atoms with van der Waals surface area (Å²) in [6.45, 7) is 2.11. The Kier molecular flexibility index (Phi) is 7.50. The Labute approximate surface area is 162 Å². The number of carbonyl (C=O) groups is 3. The lowest BCUT2D eigenvalue weighted by atomic mass is 10.1. The van der Waals surface area contributed by atoms with Crippen LogP contribution in [0.1, 0.15) is 35.7 Å². The minimum absolute atomic E-state index is 0.209. The van der Waals surface area contributed by atoms with E-state index in [1.54, 1.807) is 24.3 Å². The van der Waals surface area contributed by atoms with Crippen molar-refractivity contribution in [3.63, 3.8) is 0 Å². The molecule has 2 aromatic rings. The molecule has 0 aromatic heterocycles. The normalized spacial score (nSPS) is 11.4. The van der Waals surface area contributed by atoms with Gasteiger partial charge >= 0.3 is 6.03 Å². The lowest BCUT2D eigenvalue weighted by molar-refractivity contribution is -0.118. The lowest BCUT2D eigenvalue weighted by Gasteiger charge is -2.18. The maximum atomic E-state index is 12.9. The first-order valence-corrected chi connectivity index (χ1v) is 8.88. The van der Waals surface area contributed by atoms with Gasteiger partial charge in [0.05, 0.1) is 0 Å². The highest BCUT2D eigenvalue weighted by molar-refractivity contribution is 5.98. The van der Waals surface area contributed by atoms with Gasteiger partial charge in [0.2, 0.25) is 11.8 Å². The van der Waals surface area contributed by atoms with E-state index in [9.17, 15) is 18.8 Å². The number of anilines is 1. The van der Waals surface area contributed by atoms with Crippen molar-refractivity contribution in [3.8, 4) is 0 Å². The summed E-state index contributed by atoms with van der Waals surface area (Å²) in [5, 5.41) is 7.98. The number of amides is 4. The average Bonchev–Trinajstić information content (AvgIpc) is 2.67. The molecule has 0 aliphatic heterocycles. The highest BCUT2D eigenvalue weighted by Gasteiger charge is 2.20. The van der Waals surface area contributed by atoms with Gasteiger partial charge in [0, 0.05) is 17.8 Å². The van der Waals surface area contributed by atoms with Crippen LogP contribution in [0.15, 0.2) is 48.5 Å². The SMILES string of the molecule is CCCC(NC(=O)NCc1ccc(F)cc1)C(=O)Nc1ccc(C(N)=O)cc1. The van der Waals surface area contributed by atoms with E-state index in [0.717, 1.165) is 5.56 Å². The van der Waals surface area contributed by atoms with Crippen LogP contribution in [-0.4, -0.2) is 23.9 Å². The molecule has 7 nitrogen and oxygen atoms in total. The molecule has 0 heterocycles. The molecule has 2 rings (SSSR count). The van der Waals surface area contributed by atoms with Gasteiger partial charge in [-0.25, -0.2) is 9.18 Å². The van der Waals surface area contributed by atoms with Crippen molar-refractivity contribution in [1.29, 1.82) is 0 Å². The molecule has 0 saturated carbocycles. The average molecular weight is 386 g/mol. The molecule has 28 heavy (non-hydrogen) atoms. The second-order valence-corrected chi connectivity index (χ2v) is 6.23. The third kappa shape index (κ3) is 6.39. The van der Waals surface area contributed by atoms with E-state index < -0.39 is 18.0 Å². The predicted molar refractivity (Wildman–Crippen MR) is 104 cm³/mol. The summed E-state index contributed by atoms with van der Waals surface area (Å²) in [6.07, 6.45) is 1.14. The number of hydrogen-bond donors (Lipinski definition) is 4. The van der Waals surface area contributed by atoms with Crippen LogP contribution in [0.4, 0.5) is 14.9 Å². The van der Waals surface area contributed by atoms with Gasteiger partial charge in [-0.05, 0) is 48.4 Å². The summed E-state index contributed by atoms with van der Waals surface area (Å²) in [4.78, 5) is 35.7. The van der Waals surface area contributed by atoms with Crippen molar-refractivity contribution in [1.82, 2.24) is 10.6 Å². The van der Waals surface area contributed by atoms with Gasteiger partial charge in [0.15, 0.2) is 0 Å². The molecular weight excluding hydrogens is 363 g/mol. The van der Waals surface area contributed by atoms with E-state index in [0.29, 0.717) is 24.1 Å². The number of nitrogens with one attached hydrogen (secondary N) is 3. The van der Waals surface area contributed by atoms with Crippen LogP contribution in [0, 0.1) is 5.82 Å². The molecule has 0 saturated heterocycles. The number of benzene rings is 2. The minimum Gasteiger partial charge on any atom is -0.366 e. The molecule has 0 spiro atoms.